The van der Waals surface area contributed by atoms with Gasteiger partial charge in [0.15, 0.2) is 0 Å². The molecule has 0 fully saturated rings. The molecule has 0 saturated heterocycles. The average Bonchev–Trinajstić information content (AvgIpc) is 2.03. The number of hydrogen-bond acceptors (Lipinski definition) is 1. The van der Waals surface area contributed by atoms with Crippen LogP contribution in [0.1, 0.15) is 5.56 Å². The van der Waals surface area contributed by atoms with E-state index >= 15 is 0 Å². The maximum atomic E-state index is 11.7. The van der Waals surface area contributed by atoms with E-state index in [1.165, 1.54) is 12.1 Å². The maximum absolute atomic E-state index is 11.7. The van der Waals surface area contributed by atoms with E-state index in [1.54, 1.807) is 12.1 Å². The van der Waals surface area contributed by atoms with Crippen molar-refractivity contribution in [3.05, 3.63) is 29.8 Å². The molecule has 0 saturated carbocycles. The second-order valence-corrected chi connectivity index (χ2v) is 2.80. The quantitative estimate of drug-likeness (QED) is 0.602. The van der Waals surface area contributed by atoms with Crippen molar-refractivity contribution in [3.63, 3.8) is 0 Å². The molecule has 0 amide bonds. The Balaban J connectivity index is 0. The Morgan fingerprint density at radius 1 is 1.13 bits per heavy atom. The fraction of sp³-hybridized carbons (Fsp3) is 0.250. The summed E-state index contributed by atoms with van der Waals surface area (Å²) in [7, 11) is 2.49. The van der Waals surface area contributed by atoms with Gasteiger partial charge in [-0.25, -0.2) is 0 Å². The Kier molecular flexibility index (Phi) is 9.18. The van der Waals surface area contributed by atoms with Gasteiger partial charge in [0.2, 0.25) is 0 Å². The van der Waals surface area contributed by atoms with Crippen molar-refractivity contribution >= 4 is 49.3 Å². The molecule has 7 heteroatoms. The molecule has 1 rings (SSSR count). The average molecular weight is 315 g/mol. The first kappa shape index (κ1) is 17.9. The molecule has 0 aliphatic rings. The number of rotatable bonds is 2. The zero-order valence-electron chi connectivity index (χ0n) is 7.04. The zero-order valence-corrected chi connectivity index (χ0v) is 9.91. The molecule has 0 aliphatic heterocycles. The Bertz CT molecular complexity index is 278. The van der Waals surface area contributed by atoms with Gasteiger partial charge in [-0.2, -0.15) is 0 Å². The van der Waals surface area contributed by atoms with E-state index in [4.69, 9.17) is 0 Å². The number of ether oxygens (including phenoxy) is 1. The third kappa shape index (κ3) is 7.39. The second-order valence-electron chi connectivity index (χ2n) is 2.40. The van der Waals surface area contributed by atoms with Gasteiger partial charge in [0, 0.05) is 0 Å². The molecular weight excluding hydrogens is 304 g/mol. The lowest BCUT2D eigenvalue weighted by Crippen LogP contribution is -2.16. The molecule has 1 aromatic carbocycles. The minimum Gasteiger partial charge on any atom is -0.406 e. The summed E-state index contributed by atoms with van der Waals surface area (Å²) in [5.74, 6) is -0.185. The van der Waals surface area contributed by atoms with Gasteiger partial charge in [-0.1, -0.05) is 12.1 Å². The first-order valence-corrected chi connectivity index (χ1v) is 4.37. The summed E-state index contributed by atoms with van der Waals surface area (Å²) in [4.78, 5) is 0. The summed E-state index contributed by atoms with van der Waals surface area (Å²) < 4.78 is 38.8. The molecule has 0 bridgehead atoms. The first-order valence-electron chi connectivity index (χ1n) is 3.56. The highest BCUT2D eigenvalue weighted by Crippen LogP contribution is 2.23. The number of benzene rings is 1. The highest BCUT2D eigenvalue weighted by atomic mass is 79.9. The molecule has 1 nitrogen and oxygen atoms in total. The second kappa shape index (κ2) is 7.71. The van der Waals surface area contributed by atoms with Crippen molar-refractivity contribution in [3.8, 4) is 5.75 Å². The van der Waals surface area contributed by atoms with Gasteiger partial charge < -0.3 is 4.74 Å². The molecule has 1 atom stereocenters. The van der Waals surface area contributed by atoms with Gasteiger partial charge in [0.25, 0.3) is 0 Å². The summed E-state index contributed by atoms with van der Waals surface area (Å²) in [5, 5.41) is 0. The smallest absolute Gasteiger partial charge is 0.406 e. The topological polar surface area (TPSA) is 9.23 Å². The molecule has 0 radical (unpaired) electrons. The Morgan fingerprint density at radius 2 is 1.60 bits per heavy atom. The normalized spacial score (nSPS) is 9.87. The lowest BCUT2D eigenvalue weighted by molar-refractivity contribution is -0.274. The molecule has 0 spiro atoms. The van der Waals surface area contributed by atoms with Gasteiger partial charge >= 0.3 is 29.4 Å². The predicted molar refractivity (Wildman–Crippen MR) is 65.4 cm³/mol. The van der Waals surface area contributed by atoms with Crippen molar-refractivity contribution in [2.75, 3.05) is 0 Å². The SMILES string of the molecule is Br.FC(F)(F)Oc1ccc(CP)cc1.[MgH2]. The maximum Gasteiger partial charge on any atom is 0.573 e. The van der Waals surface area contributed by atoms with Crippen molar-refractivity contribution < 1.29 is 17.9 Å². The third-order valence-corrected chi connectivity index (χ3v) is 1.86. The van der Waals surface area contributed by atoms with Crippen LogP contribution in [0.25, 0.3) is 0 Å². The molecular formula is C8H11BrF3MgOP. The largest absolute Gasteiger partial charge is 0.573 e. The molecule has 1 unspecified atom stereocenters. The van der Waals surface area contributed by atoms with Crippen LogP contribution in [-0.2, 0) is 6.16 Å². The molecule has 0 N–H and O–H groups in total. The fourth-order valence-corrected chi connectivity index (χ4v) is 1.10. The van der Waals surface area contributed by atoms with Crippen LogP contribution in [0.3, 0.4) is 0 Å². The summed E-state index contributed by atoms with van der Waals surface area (Å²) in [5.41, 5.74) is 0.944. The van der Waals surface area contributed by atoms with Crippen LogP contribution in [0.15, 0.2) is 24.3 Å². The molecule has 0 aliphatic carbocycles. The van der Waals surface area contributed by atoms with Crippen LogP contribution in [0.4, 0.5) is 13.2 Å². The van der Waals surface area contributed by atoms with E-state index in [0.29, 0.717) is 6.16 Å². The fourth-order valence-electron chi connectivity index (χ4n) is 0.827. The lowest BCUT2D eigenvalue weighted by Gasteiger charge is -2.08. The van der Waals surface area contributed by atoms with Crippen molar-refractivity contribution in [1.82, 2.24) is 0 Å². The van der Waals surface area contributed by atoms with Crippen molar-refractivity contribution in [1.29, 1.82) is 0 Å². The third-order valence-electron chi connectivity index (χ3n) is 1.39. The van der Waals surface area contributed by atoms with Crippen LogP contribution < -0.4 is 4.74 Å². The highest BCUT2D eigenvalue weighted by Gasteiger charge is 2.30. The van der Waals surface area contributed by atoms with Crippen molar-refractivity contribution in [2.45, 2.75) is 12.5 Å². The van der Waals surface area contributed by atoms with E-state index < -0.39 is 6.36 Å². The Labute approximate surface area is 115 Å². The molecule has 0 heterocycles. The first-order chi connectivity index (χ1) is 6.01. The van der Waals surface area contributed by atoms with E-state index in [9.17, 15) is 13.2 Å². The Hall–Kier alpha value is 0.486. The molecule has 15 heavy (non-hydrogen) atoms. The highest BCUT2D eigenvalue weighted by molar-refractivity contribution is 8.93. The van der Waals surface area contributed by atoms with Gasteiger partial charge in [-0.3, -0.25) is 0 Å². The number of alkyl halides is 3. The number of halogens is 4. The summed E-state index contributed by atoms with van der Waals surface area (Å²) in [6, 6.07) is 5.78. The Morgan fingerprint density at radius 3 is 1.93 bits per heavy atom. The van der Waals surface area contributed by atoms with Crippen LogP contribution in [0.5, 0.6) is 5.75 Å². The van der Waals surface area contributed by atoms with Gasteiger partial charge in [-0.05, 0) is 23.9 Å². The molecule has 84 valence electrons. The van der Waals surface area contributed by atoms with Gasteiger partial charge in [-0.15, -0.1) is 39.4 Å². The van der Waals surface area contributed by atoms with Gasteiger partial charge in [0.1, 0.15) is 5.75 Å². The van der Waals surface area contributed by atoms with Crippen LogP contribution in [-0.4, -0.2) is 29.4 Å². The molecule has 1 aromatic rings. The summed E-state index contributed by atoms with van der Waals surface area (Å²) in [6.45, 7) is 0. The minimum atomic E-state index is -4.61. The van der Waals surface area contributed by atoms with Crippen LogP contribution in [0.2, 0.25) is 0 Å². The number of hydrogen-bond donors (Lipinski definition) is 0. The van der Waals surface area contributed by atoms with Crippen molar-refractivity contribution in [2.24, 2.45) is 0 Å². The van der Waals surface area contributed by atoms with E-state index in [2.05, 4.69) is 14.0 Å². The molecule has 0 aromatic heterocycles. The monoisotopic (exact) mass is 314 g/mol. The summed E-state index contributed by atoms with van der Waals surface area (Å²) >= 11 is 0. The standard InChI is InChI=1S/C8H8F3OP.BrH.Mg.2H/c9-8(10,11)12-7-3-1-6(5-13)2-4-7;;;;/h1-4H,5,13H2;1H;;;. The van der Waals surface area contributed by atoms with E-state index in [0.717, 1.165) is 5.56 Å². The predicted octanol–water partition coefficient (Wildman–Crippen LogP) is 2.62. The lowest BCUT2D eigenvalue weighted by atomic mass is 10.2. The minimum absolute atomic E-state index is 0. The van der Waals surface area contributed by atoms with E-state index in [1.807, 2.05) is 0 Å². The van der Waals surface area contributed by atoms with Crippen LogP contribution in [0, 0.1) is 0 Å². The van der Waals surface area contributed by atoms with E-state index in [-0.39, 0.29) is 45.8 Å². The summed E-state index contributed by atoms with van der Waals surface area (Å²) in [6.07, 6.45) is -3.89. The zero-order chi connectivity index (χ0) is 9.90. The van der Waals surface area contributed by atoms with Crippen LogP contribution >= 0.6 is 26.2 Å². The van der Waals surface area contributed by atoms with Gasteiger partial charge in [0.05, 0.1) is 0 Å².